The summed E-state index contributed by atoms with van der Waals surface area (Å²) in [7, 11) is 0. The zero-order chi connectivity index (χ0) is 16.6. The van der Waals surface area contributed by atoms with E-state index in [0.29, 0.717) is 11.4 Å². The van der Waals surface area contributed by atoms with Gasteiger partial charge < -0.3 is 10.3 Å². The zero-order valence-electron chi connectivity index (χ0n) is 13.5. The number of fused-ring (bicyclic) bond motifs is 1. The Morgan fingerprint density at radius 3 is 2.74 bits per heavy atom. The molecule has 3 nitrogen and oxygen atoms in total. The number of carbonyl (C=O) groups is 1. The van der Waals surface area contributed by atoms with Gasteiger partial charge in [0.05, 0.1) is 6.42 Å². The summed E-state index contributed by atoms with van der Waals surface area (Å²) in [6.07, 6.45) is 0.319. The number of H-pyrrole nitrogens is 1. The Balaban J connectivity index is 1.87. The number of benzene rings is 2. The Hall–Kier alpha value is -2.26. The van der Waals surface area contributed by atoms with E-state index in [2.05, 4.69) is 10.3 Å². The number of hydrogen-bond donors (Lipinski definition) is 2. The molecule has 0 aliphatic rings. The maximum atomic E-state index is 12.5. The van der Waals surface area contributed by atoms with Crippen LogP contribution in [0.4, 0.5) is 5.69 Å². The Kier molecular flexibility index (Phi) is 4.14. The molecule has 1 heterocycles. The first-order chi connectivity index (χ1) is 11.0. The van der Waals surface area contributed by atoms with Crippen molar-refractivity contribution in [2.45, 2.75) is 27.2 Å². The van der Waals surface area contributed by atoms with Gasteiger partial charge in [-0.1, -0.05) is 23.7 Å². The van der Waals surface area contributed by atoms with Crippen LogP contribution in [0.2, 0.25) is 5.02 Å². The zero-order valence-corrected chi connectivity index (χ0v) is 14.2. The number of amides is 1. The minimum atomic E-state index is -0.0253. The van der Waals surface area contributed by atoms with Crippen molar-refractivity contribution in [3.05, 3.63) is 63.8 Å². The van der Waals surface area contributed by atoms with Gasteiger partial charge in [-0.3, -0.25) is 4.79 Å². The van der Waals surface area contributed by atoms with Crippen LogP contribution in [-0.2, 0) is 11.2 Å². The van der Waals surface area contributed by atoms with Gasteiger partial charge in [-0.05, 0) is 61.7 Å². The van der Waals surface area contributed by atoms with Crippen molar-refractivity contribution in [2.24, 2.45) is 0 Å². The van der Waals surface area contributed by atoms with Crippen molar-refractivity contribution in [1.82, 2.24) is 4.98 Å². The molecule has 0 unspecified atom stereocenters. The van der Waals surface area contributed by atoms with Crippen LogP contribution < -0.4 is 5.32 Å². The smallest absolute Gasteiger partial charge is 0.228 e. The van der Waals surface area contributed by atoms with Crippen molar-refractivity contribution < 1.29 is 4.79 Å². The lowest BCUT2D eigenvalue weighted by Crippen LogP contribution is -2.15. The van der Waals surface area contributed by atoms with Crippen LogP contribution in [0.15, 0.2) is 36.4 Å². The molecule has 0 spiro atoms. The molecule has 0 saturated heterocycles. The summed E-state index contributed by atoms with van der Waals surface area (Å²) in [5.41, 5.74) is 6.12. The summed E-state index contributed by atoms with van der Waals surface area (Å²) in [5, 5.41) is 4.69. The molecule has 118 valence electrons. The summed E-state index contributed by atoms with van der Waals surface area (Å²) in [4.78, 5) is 15.8. The quantitative estimate of drug-likeness (QED) is 0.704. The number of anilines is 1. The van der Waals surface area contributed by atoms with Gasteiger partial charge in [0.15, 0.2) is 0 Å². The van der Waals surface area contributed by atoms with E-state index in [4.69, 9.17) is 11.6 Å². The Labute approximate surface area is 140 Å². The summed E-state index contributed by atoms with van der Waals surface area (Å²) >= 11 is 6.09. The third kappa shape index (κ3) is 3.10. The van der Waals surface area contributed by atoms with Gasteiger partial charge in [-0.15, -0.1) is 0 Å². The van der Waals surface area contributed by atoms with E-state index < -0.39 is 0 Å². The van der Waals surface area contributed by atoms with E-state index in [9.17, 15) is 4.79 Å². The van der Waals surface area contributed by atoms with Crippen LogP contribution in [0.25, 0.3) is 10.9 Å². The van der Waals surface area contributed by atoms with Gasteiger partial charge >= 0.3 is 0 Å². The van der Waals surface area contributed by atoms with Crippen LogP contribution >= 0.6 is 11.6 Å². The SMILES string of the molecule is Cc1cccc(NC(=O)Cc2c(C)[nH]c3ccc(Cl)cc23)c1C. The maximum Gasteiger partial charge on any atom is 0.228 e. The summed E-state index contributed by atoms with van der Waals surface area (Å²) in [6, 6.07) is 11.6. The summed E-state index contributed by atoms with van der Waals surface area (Å²) in [6.45, 7) is 6.03. The topological polar surface area (TPSA) is 44.9 Å². The highest BCUT2D eigenvalue weighted by Gasteiger charge is 2.14. The van der Waals surface area contributed by atoms with E-state index in [1.54, 1.807) is 0 Å². The molecule has 0 saturated carbocycles. The highest BCUT2D eigenvalue weighted by Crippen LogP contribution is 2.26. The normalized spacial score (nSPS) is 11.0. The highest BCUT2D eigenvalue weighted by molar-refractivity contribution is 6.31. The molecular weight excluding hydrogens is 308 g/mol. The first-order valence-electron chi connectivity index (χ1n) is 7.58. The molecule has 0 aliphatic heterocycles. The lowest BCUT2D eigenvalue weighted by molar-refractivity contribution is -0.115. The maximum absolute atomic E-state index is 12.5. The molecule has 2 aromatic carbocycles. The van der Waals surface area contributed by atoms with Gasteiger partial charge in [-0.2, -0.15) is 0 Å². The molecule has 0 fully saturated rings. The van der Waals surface area contributed by atoms with Gasteiger partial charge in [0.25, 0.3) is 0 Å². The monoisotopic (exact) mass is 326 g/mol. The average molecular weight is 327 g/mol. The largest absolute Gasteiger partial charge is 0.358 e. The number of aromatic amines is 1. The number of carbonyl (C=O) groups excluding carboxylic acids is 1. The molecule has 23 heavy (non-hydrogen) atoms. The first-order valence-corrected chi connectivity index (χ1v) is 7.96. The molecule has 0 atom stereocenters. The molecule has 0 aliphatic carbocycles. The second-order valence-electron chi connectivity index (χ2n) is 5.89. The molecule has 3 aromatic rings. The molecule has 1 amide bonds. The van der Waals surface area contributed by atoms with Crippen molar-refractivity contribution >= 4 is 34.1 Å². The number of aromatic nitrogens is 1. The highest BCUT2D eigenvalue weighted by atomic mass is 35.5. The Morgan fingerprint density at radius 2 is 1.96 bits per heavy atom. The summed E-state index contributed by atoms with van der Waals surface area (Å²) < 4.78 is 0. The fourth-order valence-electron chi connectivity index (χ4n) is 2.82. The number of aryl methyl sites for hydroxylation is 2. The van der Waals surface area contributed by atoms with Gasteiger partial charge in [0, 0.05) is 27.3 Å². The van der Waals surface area contributed by atoms with Crippen LogP contribution in [0.3, 0.4) is 0 Å². The van der Waals surface area contributed by atoms with E-state index in [-0.39, 0.29) is 5.91 Å². The van der Waals surface area contributed by atoms with E-state index in [1.165, 1.54) is 0 Å². The second-order valence-corrected chi connectivity index (χ2v) is 6.33. The van der Waals surface area contributed by atoms with Gasteiger partial charge in [0.2, 0.25) is 5.91 Å². The third-order valence-corrected chi connectivity index (χ3v) is 4.53. The molecule has 3 rings (SSSR count). The minimum absolute atomic E-state index is 0.0253. The number of hydrogen-bond acceptors (Lipinski definition) is 1. The van der Waals surface area contributed by atoms with Crippen LogP contribution in [-0.4, -0.2) is 10.9 Å². The number of rotatable bonds is 3. The van der Waals surface area contributed by atoms with Crippen molar-refractivity contribution in [3.8, 4) is 0 Å². The van der Waals surface area contributed by atoms with Gasteiger partial charge in [-0.25, -0.2) is 0 Å². The van der Waals surface area contributed by atoms with Crippen molar-refractivity contribution in [3.63, 3.8) is 0 Å². The molecule has 4 heteroatoms. The molecule has 2 N–H and O–H groups in total. The fourth-order valence-corrected chi connectivity index (χ4v) is 3.00. The molecular formula is C19H19ClN2O. The standard InChI is InChI=1S/C19H19ClN2O/c1-11-5-4-6-17(12(11)2)22-19(23)10-15-13(3)21-18-8-7-14(20)9-16(15)18/h4-9,21H,10H2,1-3H3,(H,22,23). The lowest BCUT2D eigenvalue weighted by Gasteiger charge is -2.10. The van der Waals surface area contributed by atoms with E-state index in [1.807, 2.05) is 57.2 Å². The van der Waals surface area contributed by atoms with E-state index in [0.717, 1.165) is 39.0 Å². The summed E-state index contributed by atoms with van der Waals surface area (Å²) in [5.74, 6) is -0.0253. The lowest BCUT2D eigenvalue weighted by atomic mass is 10.1. The molecule has 0 radical (unpaired) electrons. The van der Waals surface area contributed by atoms with Crippen molar-refractivity contribution in [2.75, 3.05) is 5.32 Å². The minimum Gasteiger partial charge on any atom is -0.358 e. The first kappa shape index (κ1) is 15.6. The van der Waals surface area contributed by atoms with Crippen LogP contribution in [0.5, 0.6) is 0 Å². The number of nitrogens with one attached hydrogen (secondary N) is 2. The molecule has 1 aromatic heterocycles. The predicted octanol–water partition coefficient (Wildman–Crippen LogP) is 4.93. The second kappa shape index (κ2) is 6.09. The third-order valence-electron chi connectivity index (χ3n) is 4.30. The average Bonchev–Trinajstić information content (AvgIpc) is 2.80. The van der Waals surface area contributed by atoms with E-state index >= 15 is 0 Å². The Bertz CT molecular complexity index is 896. The Morgan fingerprint density at radius 1 is 1.17 bits per heavy atom. The van der Waals surface area contributed by atoms with Crippen LogP contribution in [0.1, 0.15) is 22.4 Å². The fraction of sp³-hybridized carbons (Fsp3) is 0.211. The molecule has 0 bridgehead atoms. The van der Waals surface area contributed by atoms with Crippen molar-refractivity contribution in [1.29, 1.82) is 0 Å². The van der Waals surface area contributed by atoms with Gasteiger partial charge in [0.1, 0.15) is 0 Å². The predicted molar refractivity (Wildman–Crippen MR) is 96.3 cm³/mol. The number of halogens is 1. The van der Waals surface area contributed by atoms with Crippen LogP contribution in [0, 0.1) is 20.8 Å².